The second kappa shape index (κ2) is 3.20. The van der Waals surface area contributed by atoms with Gasteiger partial charge in [0, 0.05) is 0 Å². The Morgan fingerprint density at radius 3 is 3.11 bits per heavy atom. The van der Waals surface area contributed by atoms with Gasteiger partial charge in [0.1, 0.15) is 4.32 Å². The van der Waals surface area contributed by atoms with E-state index in [4.69, 9.17) is 12.2 Å². The van der Waals surface area contributed by atoms with Crippen molar-refractivity contribution >= 4 is 28.3 Å². The Bertz CT molecular complexity index is 135. The van der Waals surface area contributed by atoms with Crippen molar-refractivity contribution in [1.29, 1.82) is 0 Å². The molecule has 9 heavy (non-hydrogen) atoms. The standard InChI is InChI=1S/C5H8N2S2/c1-2-3-4-6-7-5(8)9-4/h2,4,6H,1,3H2,(H,7,8). The molecule has 0 amide bonds. The van der Waals surface area contributed by atoms with E-state index < -0.39 is 0 Å². The number of thioether (sulfide) groups is 1. The first-order valence-electron chi connectivity index (χ1n) is 2.66. The highest BCUT2D eigenvalue weighted by Gasteiger charge is 2.16. The molecule has 0 aromatic carbocycles. The van der Waals surface area contributed by atoms with E-state index >= 15 is 0 Å². The average Bonchev–Trinajstić information content (AvgIpc) is 2.17. The normalized spacial score (nSPS) is 25.8. The molecule has 0 saturated carbocycles. The summed E-state index contributed by atoms with van der Waals surface area (Å²) in [5.74, 6) is 0. The number of hydrogen-bond donors (Lipinski definition) is 2. The molecule has 0 aliphatic carbocycles. The predicted molar refractivity (Wildman–Crippen MR) is 45.1 cm³/mol. The summed E-state index contributed by atoms with van der Waals surface area (Å²) in [6.45, 7) is 3.62. The van der Waals surface area contributed by atoms with Gasteiger partial charge in [-0.25, -0.2) is 5.43 Å². The molecule has 2 nitrogen and oxygen atoms in total. The lowest BCUT2D eigenvalue weighted by atomic mass is 10.4. The van der Waals surface area contributed by atoms with Crippen LogP contribution in [0.25, 0.3) is 0 Å². The van der Waals surface area contributed by atoms with Crippen LogP contribution >= 0.6 is 24.0 Å². The summed E-state index contributed by atoms with van der Waals surface area (Å²) in [5, 5.41) is 0.384. The Kier molecular flexibility index (Phi) is 2.50. The van der Waals surface area contributed by atoms with E-state index in [-0.39, 0.29) is 0 Å². The van der Waals surface area contributed by atoms with Crippen LogP contribution < -0.4 is 10.9 Å². The summed E-state index contributed by atoms with van der Waals surface area (Å²) < 4.78 is 0.821. The highest BCUT2D eigenvalue weighted by atomic mass is 32.2. The number of hydrazine groups is 1. The van der Waals surface area contributed by atoms with Crippen LogP contribution in [0.3, 0.4) is 0 Å². The number of nitrogens with one attached hydrogen (secondary N) is 2. The summed E-state index contributed by atoms with van der Waals surface area (Å²) in [6, 6.07) is 0. The minimum atomic E-state index is 0.384. The Balaban J connectivity index is 2.29. The Labute approximate surface area is 64.1 Å². The Morgan fingerprint density at radius 1 is 1.89 bits per heavy atom. The van der Waals surface area contributed by atoms with Crippen LogP contribution in [0.15, 0.2) is 12.7 Å². The highest BCUT2D eigenvalue weighted by Crippen LogP contribution is 2.16. The van der Waals surface area contributed by atoms with Crippen LogP contribution in [0.4, 0.5) is 0 Å². The average molecular weight is 160 g/mol. The summed E-state index contributed by atoms with van der Waals surface area (Å²) in [6.07, 6.45) is 2.82. The predicted octanol–water partition coefficient (Wildman–Crippen LogP) is 1.01. The van der Waals surface area contributed by atoms with E-state index in [1.54, 1.807) is 11.8 Å². The molecular weight excluding hydrogens is 152 g/mol. The van der Waals surface area contributed by atoms with Crippen LogP contribution in [0, 0.1) is 0 Å². The van der Waals surface area contributed by atoms with Gasteiger partial charge in [-0.3, -0.25) is 0 Å². The van der Waals surface area contributed by atoms with Crippen LogP contribution in [-0.2, 0) is 0 Å². The minimum Gasteiger partial charge on any atom is -0.306 e. The highest BCUT2D eigenvalue weighted by molar-refractivity contribution is 8.23. The smallest absolute Gasteiger partial charge is 0.149 e. The van der Waals surface area contributed by atoms with Crippen molar-refractivity contribution in [1.82, 2.24) is 10.9 Å². The molecule has 0 bridgehead atoms. The third kappa shape index (κ3) is 1.97. The Hall–Kier alpha value is -0.0600. The van der Waals surface area contributed by atoms with Gasteiger partial charge in [0.05, 0.1) is 5.37 Å². The van der Waals surface area contributed by atoms with E-state index in [2.05, 4.69) is 17.4 Å². The molecule has 1 fully saturated rings. The quantitative estimate of drug-likeness (QED) is 0.465. The Morgan fingerprint density at radius 2 is 2.67 bits per heavy atom. The number of thiocarbonyl (C=S) groups is 1. The van der Waals surface area contributed by atoms with Gasteiger partial charge < -0.3 is 5.43 Å². The van der Waals surface area contributed by atoms with Crippen molar-refractivity contribution in [2.45, 2.75) is 11.8 Å². The molecule has 1 atom stereocenters. The fraction of sp³-hybridized carbons (Fsp3) is 0.400. The van der Waals surface area contributed by atoms with Crippen molar-refractivity contribution in [3.63, 3.8) is 0 Å². The molecule has 2 N–H and O–H groups in total. The molecule has 4 heteroatoms. The maximum Gasteiger partial charge on any atom is 0.149 e. The first kappa shape index (κ1) is 7.05. The van der Waals surface area contributed by atoms with E-state index in [1.807, 2.05) is 6.08 Å². The monoisotopic (exact) mass is 160 g/mol. The zero-order valence-corrected chi connectivity index (χ0v) is 6.52. The van der Waals surface area contributed by atoms with Gasteiger partial charge in [0.25, 0.3) is 0 Å². The van der Waals surface area contributed by atoms with Crippen LogP contribution in [0.1, 0.15) is 6.42 Å². The lowest BCUT2D eigenvalue weighted by molar-refractivity contribution is 0.646. The van der Waals surface area contributed by atoms with Crippen molar-refractivity contribution in [3.8, 4) is 0 Å². The van der Waals surface area contributed by atoms with Gasteiger partial charge in [-0.2, -0.15) is 0 Å². The van der Waals surface area contributed by atoms with Gasteiger partial charge in [-0.15, -0.1) is 6.58 Å². The van der Waals surface area contributed by atoms with E-state index in [1.165, 1.54) is 0 Å². The fourth-order valence-corrected chi connectivity index (χ4v) is 1.72. The SMILES string of the molecule is C=CCC1NNC(=S)S1. The van der Waals surface area contributed by atoms with Crippen molar-refractivity contribution in [3.05, 3.63) is 12.7 Å². The second-order valence-electron chi connectivity index (χ2n) is 1.69. The molecule has 1 heterocycles. The zero-order valence-electron chi connectivity index (χ0n) is 4.89. The van der Waals surface area contributed by atoms with E-state index in [9.17, 15) is 0 Å². The number of rotatable bonds is 2. The van der Waals surface area contributed by atoms with Crippen molar-refractivity contribution in [2.75, 3.05) is 0 Å². The third-order valence-corrected chi connectivity index (χ3v) is 2.27. The lowest BCUT2D eigenvalue weighted by Gasteiger charge is -2.00. The van der Waals surface area contributed by atoms with E-state index in [0.29, 0.717) is 5.37 Å². The maximum absolute atomic E-state index is 4.87. The first-order chi connectivity index (χ1) is 4.33. The molecule has 1 saturated heterocycles. The largest absolute Gasteiger partial charge is 0.306 e. The van der Waals surface area contributed by atoms with Crippen LogP contribution in [0.2, 0.25) is 0 Å². The van der Waals surface area contributed by atoms with Crippen LogP contribution in [-0.4, -0.2) is 9.69 Å². The summed E-state index contributed by atoms with van der Waals surface area (Å²) in [4.78, 5) is 0. The van der Waals surface area contributed by atoms with Gasteiger partial charge >= 0.3 is 0 Å². The van der Waals surface area contributed by atoms with Gasteiger partial charge in [0.2, 0.25) is 0 Å². The molecule has 1 rings (SSSR count). The van der Waals surface area contributed by atoms with Gasteiger partial charge in [0.15, 0.2) is 0 Å². The molecule has 50 valence electrons. The fourth-order valence-electron chi connectivity index (χ4n) is 0.586. The van der Waals surface area contributed by atoms with Crippen LogP contribution in [0.5, 0.6) is 0 Å². The summed E-state index contributed by atoms with van der Waals surface area (Å²) in [7, 11) is 0. The van der Waals surface area contributed by atoms with Gasteiger partial charge in [-0.05, 0) is 6.42 Å². The van der Waals surface area contributed by atoms with Gasteiger partial charge in [-0.1, -0.05) is 30.1 Å². The second-order valence-corrected chi connectivity index (χ2v) is 3.57. The molecule has 0 radical (unpaired) electrons. The molecule has 0 spiro atoms. The summed E-state index contributed by atoms with van der Waals surface area (Å²) in [5.41, 5.74) is 5.86. The maximum atomic E-state index is 4.87. The molecule has 1 unspecified atom stereocenters. The molecule has 0 aromatic heterocycles. The third-order valence-electron chi connectivity index (χ3n) is 0.965. The molecule has 1 aliphatic rings. The number of hydrogen-bond acceptors (Lipinski definition) is 3. The lowest BCUT2D eigenvalue weighted by Crippen LogP contribution is -2.30. The molecule has 1 aliphatic heterocycles. The van der Waals surface area contributed by atoms with Crippen molar-refractivity contribution in [2.24, 2.45) is 0 Å². The zero-order chi connectivity index (χ0) is 6.69. The van der Waals surface area contributed by atoms with E-state index in [0.717, 1.165) is 10.7 Å². The topological polar surface area (TPSA) is 24.1 Å². The summed E-state index contributed by atoms with van der Waals surface area (Å²) >= 11 is 6.49. The first-order valence-corrected chi connectivity index (χ1v) is 3.95. The minimum absolute atomic E-state index is 0.384. The molecule has 0 aromatic rings. The van der Waals surface area contributed by atoms with Crippen molar-refractivity contribution < 1.29 is 0 Å². The molecular formula is C5H8N2S2.